The van der Waals surface area contributed by atoms with Crippen LogP contribution in [0.4, 0.5) is 0 Å². The molecule has 1 rings (SSSR count). The fourth-order valence-corrected chi connectivity index (χ4v) is 2.56. The summed E-state index contributed by atoms with van der Waals surface area (Å²) in [6, 6.07) is 0. The van der Waals surface area contributed by atoms with Gasteiger partial charge in [0.25, 0.3) is 0 Å². The van der Waals surface area contributed by atoms with E-state index in [9.17, 15) is 0 Å². The summed E-state index contributed by atoms with van der Waals surface area (Å²) in [4.78, 5) is 4.80. The molecule has 1 fully saturated rings. The maximum Gasteiger partial charge on any atom is 0.133 e. The highest BCUT2D eigenvalue weighted by molar-refractivity contribution is 8.03. The second-order valence-corrected chi connectivity index (χ2v) is 5.32. The highest BCUT2D eigenvalue weighted by Crippen LogP contribution is 2.05. The monoisotopic (exact) mass is 256 g/mol. The molecular weight excluding hydrogens is 240 g/mol. The van der Waals surface area contributed by atoms with Crippen molar-refractivity contribution < 1.29 is 0 Å². The summed E-state index contributed by atoms with van der Waals surface area (Å²) < 4.78 is 0. The zero-order valence-electron chi connectivity index (χ0n) is 9.26. The van der Waals surface area contributed by atoms with Gasteiger partial charge in [0.1, 0.15) is 10.8 Å². The lowest BCUT2D eigenvalue weighted by atomic mass is 10.3. The van der Waals surface area contributed by atoms with E-state index in [-0.39, 0.29) is 0 Å². The minimum absolute atomic E-state index is 0.904. The molecule has 1 saturated heterocycles. The van der Waals surface area contributed by atoms with Gasteiger partial charge in [0.2, 0.25) is 0 Å². The van der Waals surface area contributed by atoms with Crippen LogP contribution in [-0.4, -0.2) is 60.6 Å². The van der Waals surface area contributed by atoms with Crippen molar-refractivity contribution in [1.29, 1.82) is 10.5 Å². The van der Waals surface area contributed by atoms with Crippen LogP contribution in [0.15, 0.2) is 0 Å². The third-order valence-corrected chi connectivity index (χ3v) is 3.64. The van der Waals surface area contributed by atoms with E-state index in [1.165, 1.54) is 23.5 Å². The van der Waals surface area contributed by atoms with Crippen molar-refractivity contribution in [2.75, 3.05) is 50.8 Å². The molecule has 88 valence electrons. The van der Waals surface area contributed by atoms with E-state index >= 15 is 0 Å². The van der Waals surface area contributed by atoms with Gasteiger partial charge in [-0.1, -0.05) is 0 Å². The van der Waals surface area contributed by atoms with E-state index in [1.54, 1.807) is 0 Å². The average Bonchev–Trinajstić information content (AvgIpc) is 2.32. The molecule has 0 bridgehead atoms. The van der Waals surface area contributed by atoms with Gasteiger partial charge in [-0.3, -0.25) is 9.80 Å². The number of hydrogen-bond donors (Lipinski definition) is 0. The van der Waals surface area contributed by atoms with Gasteiger partial charge in [0.05, 0.1) is 0 Å². The van der Waals surface area contributed by atoms with Crippen LogP contribution >= 0.6 is 23.5 Å². The first-order valence-electron chi connectivity index (χ1n) is 5.33. The summed E-state index contributed by atoms with van der Waals surface area (Å²) in [5.41, 5.74) is 0. The van der Waals surface area contributed by atoms with Crippen LogP contribution in [-0.2, 0) is 0 Å². The van der Waals surface area contributed by atoms with Crippen molar-refractivity contribution in [3.63, 3.8) is 0 Å². The highest BCUT2D eigenvalue weighted by Gasteiger charge is 2.15. The number of nitriles is 2. The topological polar surface area (TPSA) is 54.1 Å². The summed E-state index contributed by atoms with van der Waals surface area (Å²) in [6.45, 7) is 6.37. The summed E-state index contributed by atoms with van der Waals surface area (Å²) >= 11 is 2.66. The predicted octanol–water partition coefficient (Wildman–Crippen LogP) is 1.03. The quantitative estimate of drug-likeness (QED) is 0.523. The predicted molar refractivity (Wildman–Crippen MR) is 69.0 cm³/mol. The number of thiocyanates is 2. The van der Waals surface area contributed by atoms with Crippen LogP contribution in [0.2, 0.25) is 0 Å². The molecule has 0 radical (unpaired) electrons. The molecule has 0 N–H and O–H groups in total. The van der Waals surface area contributed by atoms with Gasteiger partial charge in [-0.05, 0) is 23.5 Å². The Balaban J connectivity index is 2.05. The van der Waals surface area contributed by atoms with Crippen molar-refractivity contribution >= 4 is 23.5 Å². The van der Waals surface area contributed by atoms with Gasteiger partial charge in [0, 0.05) is 50.8 Å². The molecule has 0 aromatic heterocycles. The molecule has 0 atom stereocenters. The summed E-state index contributed by atoms with van der Waals surface area (Å²) in [5.74, 6) is 1.81. The molecule has 4 nitrogen and oxygen atoms in total. The Labute approximate surface area is 106 Å². The Kier molecular flexibility index (Phi) is 7.45. The third kappa shape index (κ3) is 5.62. The average molecular weight is 256 g/mol. The van der Waals surface area contributed by atoms with Gasteiger partial charge in [-0.15, -0.1) is 0 Å². The molecule has 0 aromatic carbocycles. The van der Waals surface area contributed by atoms with Crippen LogP contribution in [0.25, 0.3) is 0 Å². The Bertz CT molecular complexity index is 235. The van der Waals surface area contributed by atoms with Crippen LogP contribution in [0.3, 0.4) is 0 Å². The molecule has 0 amide bonds. The van der Waals surface area contributed by atoms with Crippen molar-refractivity contribution in [2.24, 2.45) is 0 Å². The second kappa shape index (κ2) is 8.72. The SMILES string of the molecule is N#CSCCN1CCN(CCSC#N)CC1. The Morgan fingerprint density at radius 2 is 1.19 bits per heavy atom. The smallest absolute Gasteiger partial charge is 0.133 e. The number of nitrogens with zero attached hydrogens (tertiary/aromatic N) is 4. The first-order valence-corrected chi connectivity index (χ1v) is 7.30. The Hall–Kier alpha value is -0.400. The van der Waals surface area contributed by atoms with Gasteiger partial charge in [-0.2, -0.15) is 10.5 Å². The largest absolute Gasteiger partial charge is 0.300 e. The van der Waals surface area contributed by atoms with Gasteiger partial charge >= 0.3 is 0 Å². The molecule has 1 heterocycles. The molecule has 6 heteroatoms. The van der Waals surface area contributed by atoms with Crippen molar-refractivity contribution in [3.8, 4) is 10.8 Å². The fraction of sp³-hybridized carbons (Fsp3) is 0.800. The van der Waals surface area contributed by atoms with Crippen LogP contribution < -0.4 is 0 Å². The van der Waals surface area contributed by atoms with Crippen molar-refractivity contribution in [3.05, 3.63) is 0 Å². The molecule has 0 aromatic rings. The number of thioether (sulfide) groups is 2. The zero-order valence-corrected chi connectivity index (χ0v) is 10.9. The lowest BCUT2D eigenvalue weighted by molar-refractivity contribution is 0.144. The minimum Gasteiger partial charge on any atom is -0.300 e. The second-order valence-electron chi connectivity index (χ2n) is 3.56. The van der Waals surface area contributed by atoms with Crippen LogP contribution in [0.5, 0.6) is 0 Å². The number of rotatable bonds is 6. The lowest BCUT2D eigenvalue weighted by Crippen LogP contribution is -2.47. The van der Waals surface area contributed by atoms with Gasteiger partial charge < -0.3 is 0 Å². The molecule has 16 heavy (non-hydrogen) atoms. The number of hydrogen-bond acceptors (Lipinski definition) is 6. The molecule has 0 aliphatic carbocycles. The minimum atomic E-state index is 0.904. The van der Waals surface area contributed by atoms with E-state index < -0.39 is 0 Å². The van der Waals surface area contributed by atoms with Crippen molar-refractivity contribution in [2.45, 2.75) is 0 Å². The van der Waals surface area contributed by atoms with E-state index in [2.05, 4.69) is 20.6 Å². The number of piperazine rings is 1. The molecule has 0 unspecified atom stereocenters. The van der Waals surface area contributed by atoms with Crippen LogP contribution in [0.1, 0.15) is 0 Å². The lowest BCUT2D eigenvalue weighted by Gasteiger charge is -2.34. The molecule has 0 spiro atoms. The first-order chi connectivity index (χ1) is 7.86. The standard InChI is InChI=1S/C10H16N4S2/c11-9-15-7-5-13-1-2-14(4-3-13)6-8-16-10-12/h1-8H2. The van der Waals surface area contributed by atoms with E-state index in [0.717, 1.165) is 50.8 Å². The fourth-order valence-electron chi connectivity index (χ4n) is 1.68. The summed E-state index contributed by atoms with van der Waals surface area (Å²) in [7, 11) is 0. The first kappa shape index (κ1) is 13.7. The third-order valence-electron chi connectivity index (χ3n) is 2.61. The maximum atomic E-state index is 8.42. The van der Waals surface area contributed by atoms with E-state index in [1.807, 2.05) is 0 Å². The molecule has 0 saturated carbocycles. The molecule has 1 aliphatic rings. The Morgan fingerprint density at radius 3 is 1.50 bits per heavy atom. The molecular formula is C10H16N4S2. The maximum absolute atomic E-state index is 8.42. The van der Waals surface area contributed by atoms with Crippen molar-refractivity contribution in [1.82, 2.24) is 9.80 Å². The normalized spacial score (nSPS) is 17.9. The summed E-state index contributed by atoms with van der Waals surface area (Å²) in [5, 5.41) is 21.0. The van der Waals surface area contributed by atoms with E-state index in [0.29, 0.717) is 0 Å². The molecule has 1 aliphatic heterocycles. The van der Waals surface area contributed by atoms with Crippen LogP contribution in [0, 0.1) is 21.3 Å². The van der Waals surface area contributed by atoms with Gasteiger partial charge in [0.15, 0.2) is 0 Å². The van der Waals surface area contributed by atoms with E-state index in [4.69, 9.17) is 10.5 Å². The zero-order chi connectivity index (χ0) is 11.6. The highest BCUT2D eigenvalue weighted by atomic mass is 32.2. The van der Waals surface area contributed by atoms with Gasteiger partial charge in [-0.25, -0.2) is 0 Å². The Morgan fingerprint density at radius 1 is 0.812 bits per heavy atom. The summed E-state index contributed by atoms with van der Waals surface area (Å²) in [6.07, 6.45) is 0.